The summed E-state index contributed by atoms with van der Waals surface area (Å²) in [6.45, 7) is 5.85. The van der Waals surface area contributed by atoms with Gasteiger partial charge in [-0.3, -0.25) is 9.89 Å². The molecule has 128 valence electrons. The molecule has 2 aromatic rings. The summed E-state index contributed by atoms with van der Waals surface area (Å²) < 4.78 is 11.5. The molecule has 6 heteroatoms. The summed E-state index contributed by atoms with van der Waals surface area (Å²) in [7, 11) is 0. The van der Waals surface area contributed by atoms with Gasteiger partial charge in [-0.15, -0.1) is 0 Å². The number of aromatic amines is 1. The summed E-state index contributed by atoms with van der Waals surface area (Å²) in [5.74, 6) is 1.61. The lowest BCUT2D eigenvalue weighted by Gasteiger charge is -2.31. The summed E-state index contributed by atoms with van der Waals surface area (Å²) in [5.41, 5.74) is 1.38. The van der Waals surface area contributed by atoms with Crippen LogP contribution >= 0.6 is 0 Å². The first-order chi connectivity index (χ1) is 11.7. The van der Waals surface area contributed by atoms with Crippen molar-refractivity contribution in [2.45, 2.75) is 32.8 Å². The standard InChI is InChI=1S/C18H23N3O3/c1-3-23-15-5-4-6-16(12-15)24-14-7-9-21(10-8-14)18(22)17-11-13(2)19-20-17/h4-6,11-12,14H,3,7-10H2,1-2H3,(H,19,20). The van der Waals surface area contributed by atoms with Crippen molar-refractivity contribution in [2.24, 2.45) is 0 Å². The number of aromatic nitrogens is 2. The minimum absolute atomic E-state index is 0.0175. The maximum absolute atomic E-state index is 12.4. The Morgan fingerprint density at radius 1 is 1.29 bits per heavy atom. The predicted molar refractivity (Wildman–Crippen MR) is 90.5 cm³/mol. The maximum Gasteiger partial charge on any atom is 0.274 e. The van der Waals surface area contributed by atoms with Crippen molar-refractivity contribution in [2.75, 3.05) is 19.7 Å². The average molecular weight is 329 g/mol. The molecule has 1 N–H and O–H groups in total. The highest BCUT2D eigenvalue weighted by molar-refractivity contribution is 5.92. The van der Waals surface area contributed by atoms with Gasteiger partial charge < -0.3 is 14.4 Å². The molecule has 6 nitrogen and oxygen atoms in total. The van der Waals surface area contributed by atoms with Crippen LogP contribution in [0.5, 0.6) is 11.5 Å². The third-order valence-corrected chi connectivity index (χ3v) is 4.07. The van der Waals surface area contributed by atoms with Gasteiger partial charge >= 0.3 is 0 Å². The molecule has 1 aliphatic heterocycles. The summed E-state index contributed by atoms with van der Waals surface area (Å²) in [6.07, 6.45) is 1.74. The summed E-state index contributed by atoms with van der Waals surface area (Å²) >= 11 is 0. The number of hydrogen-bond donors (Lipinski definition) is 1. The largest absolute Gasteiger partial charge is 0.494 e. The monoisotopic (exact) mass is 329 g/mol. The Kier molecular flexibility index (Phi) is 5.03. The van der Waals surface area contributed by atoms with Crippen molar-refractivity contribution >= 4 is 5.91 Å². The van der Waals surface area contributed by atoms with Crippen LogP contribution in [0.15, 0.2) is 30.3 Å². The van der Waals surface area contributed by atoms with E-state index in [0.717, 1.165) is 30.0 Å². The van der Waals surface area contributed by atoms with Gasteiger partial charge in [-0.1, -0.05) is 6.07 Å². The molecule has 0 aliphatic carbocycles. The number of H-pyrrole nitrogens is 1. The van der Waals surface area contributed by atoms with Crippen LogP contribution in [0.1, 0.15) is 35.9 Å². The van der Waals surface area contributed by atoms with Crippen molar-refractivity contribution in [3.63, 3.8) is 0 Å². The van der Waals surface area contributed by atoms with E-state index in [1.54, 1.807) is 6.07 Å². The van der Waals surface area contributed by atoms with Gasteiger partial charge in [0.15, 0.2) is 0 Å². The van der Waals surface area contributed by atoms with Gasteiger partial charge in [0.05, 0.1) is 6.61 Å². The first-order valence-corrected chi connectivity index (χ1v) is 8.36. The molecule has 24 heavy (non-hydrogen) atoms. The molecule has 0 atom stereocenters. The van der Waals surface area contributed by atoms with Crippen LogP contribution < -0.4 is 9.47 Å². The fourth-order valence-electron chi connectivity index (χ4n) is 2.86. The Morgan fingerprint density at radius 3 is 2.71 bits per heavy atom. The second-order valence-electron chi connectivity index (χ2n) is 5.95. The van der Waals surface area contributed by atoms with E-state index in [2.05, 4.69) is 10.2 Å². The van der Waals surface area contributed by atoms with E-state index in [1.807, 2.05) is 43.0 Å². The molecule has 0 bridgehead atoms. The summed E-state index contributed by atoms with van der Waals surface area (Å²) in [5, 5.41) is 6.86. The number of carbonyl (C=O) groups excluding carboxylic acids is 1. The van der Waals surface area contributed by atoms with Crippen LogP contribution in [0.25, 0.3) is 0 Å². The zero-order chi connectivity index (χ0) is 16.9. The van der Waals surface area contributed by atoms with E-state index >= 15 is 0 Å². The van der Waals surface area contributed by atoms with Gasteiger partial charge in [-0.05, 0) is 32.0 Å². The Morgan fingerprint density at radius 2 is 2.04 bits per heavy atom. The first-order valence-electron chi connectivity index (χ1n) is 8.36. The highest BCUT2D eigenvalue weighted by Gasteiger charge is 2.25. The fraction of sp³-hybridized carbons (Fsp3) is 0.444. The number of aryl methyl sites for hydroxylation is 1. The highest BCUT2D eigenvalue weighted by atomic mass is 16.5. The zero-order valence-corrected chi connectivity index (χ0v) is 14.1. The van der Waals surface area contributed by atoms with E-state index in [1.165, 1.54) is 0 Å². The third kappa shape index (κ3) is 3.88. The molecule has 1 saturated heterocycles. The Labute approximate surface area is 141 Å². The van der Waals surface area contributed by atoms with Crippen molar-refractivity contribution in [3.8, 4) is 11.5 Å². The number of likely N-dealkylation sites (tertiary alicyclic amines) is 1. The number of benzene rings is 1. The van der Waals surface area contributed by atoms with Crippen molar-refractivity contribution in [1.29, 1.82) is 0 Å². The number of carbonyl (C=O) groups is 1. The molecule has 1 fully saturated rings. The topological polar surface area (TPSA) is 67.5 Å². The number of rotatable bonds is 5. The number of nitrogens with zero attached hydrogens (tertiary/aromatic N) is 2. The second-order valence-corrected chi connectivity index (χ2v) is 5.95. The Hall–Kier alpha value is -2.50. The third-order valence-electron chi connectivity index (χ3n) is 4.07. The molecule has 3 rings (SSSR count). The molecule has 1 aromatic heterocycles. The second kappa shape index (κ2) is 7.38. The quantitative estimate of drug-likeness (QED) is 0.916. The van der Waals surface area contributed by atoms with Gasteiger partial charge in [0.1, 0.15) is 23.3 Å². The molecule has 0 unspecified atom stereocenters. The molecule has 0 spiro atoms. The van der Waals surface area contributed by atoms with Crippen LogP contribution in [0.3, 0.4) is 0 Å². The molecule has 2 heterocycles. The van der Waals surface area contributed by atoms with Gasteiger partial charge in [0.2, 0.25) is 0 Å². The molecule has 1 amide bonds. The van der Waals surface area contributed by atoms with Crippen LogP contribution in [-0.4, -0.2) is 46.8 Å². The van der Waals surface area contributed by atoms with E-state index < -0.39 is 0 Å². The number of hydrogen-bond acceptors (Lipinski definition) is 4. The minimum atomic E-state index is -0.0175. The van der Waals surface area contributed by atoms with E-state index in [0.29, 0.717) is 25.4 Å². The van der Waals surface area contributed by atoms with Crippen molar-refractivity contribution < 1.29 is 14.3 Å². The predicted octanol–water partition coefficient (Wildman–Crippen LogP) is 2.80. The Bertz CT molecular complexity index is 690. The minimum Gasteiger partial charge on any atom is -0.494 e. The van der Waals surface area contributed by atoms with Crippen LogP contribution in [0.4, 0.5) is 0 Å². The van der Waals surface area contributed by atoms with E-state index in [9.17, 15) is 4.79 Å². The lowest BCUT2D eigenvalue weighted by atomic mass is 10.1. The molecule has 1 aromatic carbocycles. The van der Waals surface area contributed by atoms with Crippen LogP contribution in [0, 0.1) is 6.92 Å². The summed E-state index contributed by atoms with van der Waals surface area (Å²) in [6, 6.07) is 9.48. The smallest absolute Gasteiger partial charge is 0.274 e. The van der Waals surface area contributed by atoms with Gasteiger partial charge in [0.25, 0.3) is 5.91 Å². The van der Waals surface area contributed by atoms with Gasteiger partial charge in [-0.2, -0.15) is 5.10 Å². The van der Waals surface area contributed by atoms with Gasteiger partial charge in [-0.25, -0.2) is 0 Å². The van der Waals surface area contributed by atoms with Crippen LogP contribution in [-0.2, 0) is 0 Å². The van der Waals surface area contributed by atoms with Crippen LogP contribution in [0.2, 0.25) is 0 Å². The normalized spacial score (nSPS) is 15.3. The molecular formula is C18H23N3O3. The number of ether oxygens (including phenoxy) is 2. The fourth-order valence-corrected chi connectivity index (χ4v) is 2.86. The number of nitrogens with one attached hydrogen (secondary N) is 1. The lowest BCUT2D eigenvalue weighted by Crippen LogP contribution is -2.41. The number of piperidine rings is 1. The van der Waals surface area contributed by atoms with Crippen molar-refractivity contribution in [3.05, 3.63) is 41.7 Å². The lowest BCUT2D eigenvalue weighted by molar-refractivity contribution is 0.0590. The van der Waals surface area contributed by atoms with E-state index in [-0.39, 0.29) is 12.0 Å². The zero-order valence-electron chi connectivity index (χ0n) is 14.1. The summed E-state index contributed by atoms with van der Waals surface area (Å²) in [4.78, 5) is 14.2. The highest BCUT2D eigenvalue weighted by Crippen LogP contribution is 2.24. The van der Waals surface area contributed by atoms with Crippen molar-refractivity contribution in [1.82, 2.24) is 15.1 Å². The Balaban J connectivity index is 1.53. The van der Waals surface area contributed by atoms with Gasteiger partial charge in [0, 0.05) is 37.7 Å². The molecule has 0 saturated carbocycles. The molecule has 1 aliphatic rings. The number of amides is 1. The molecular weight excluding hydrogens is 306 g/mol. The van der Waals surface area contributed by atoms with E-state index in [4.69, 9.17) is 9.47 Å². The molecule has 0 radical (unpaired) electrons. The average Bonchev–Trinajstić information content (AvgIpc) is 3.02. The SMILES string of the molecule is CCOc1cccc(OC2CCN(C(=O)c3cc(C)[nH]n3)CC2)c1. The first kappa shape index (κ1) is 16.4. The maximum atomic E-state index is 12.4.